The summed E-state index contributed by atoms with van der Waals surface area (Å²) >= 11 is 0. The Kier molecular flexibility index (Phi) is 4.43. The third-order valence-corrected chi connectivity index (χ3v) is 2.11. The Balaban J connectivity index is 2.26. The number of carbonyl (C=O) groups is 1. The molecule has 0 saturated heterocycles. The lowest BCUT2D eigenvalue weighted by Gasteiger charge is -2.17. The summed E-state index contributed by atoms with van der Waals surface area (Å²) < 4.78 is 0. The molecule has 0 aliphatic carbocycles. The summed E-state index contributed by atoms with van der Waals surface area (Å²) in [6, 6.07) is 3.78. The van der Waals surface area contributed by atoms with E-state index in [1.54, 1.807) is 26.2 Å². The number of rotatable bonds is 5. The van der Waals surface area contributed by atoms with Gasteiger partial charge in [-0.2, -0.15) is 0 Å². The molecule has 88 valence electrons. The number of pyridine rings is 1. The maximum absolute atomic E-state index is 11.4. The van der Waals surface area contributed by atoms with E-state index < -0.39 is 5.60 Å². The molecule has 0 fully saturated rings. The van der Waals surface area contributed by atoms with Crippen molar-refractivity contribution in [3.63, 3.8) is 0 Å². The molecule has 1 aromatic rings. The lowest BCUT2D eigenvalue weighted by Crippen LogP contribution is -2.38. The van der Waals surface area contributed by atoms with Crippen LogP contribution < -0.4 is 5.32 Å². The second-order valence-electron chi connectivity index (χ2n) is 4.44. The SMILES string of the molecule is CC(C)(O)CNC(=O)CCc1ccncc1. The van der Waals surface area contributed by atoms with Gasteiger partial charge < -0.3 is 10.4 Å². The van der Waals surface area contributed by atoms with Crippen LogP contribution in [0.1, 0.15) is 25.8 Å². The number of amides is 1. The summed E-state index contributed by atoms with van der Waals surface area (Å²) in [5.41, 5.74) is 0.236. The number of aliphatic hydroxyl groups is 1. The van der Waals surface area contributed by atoms with Crippen LogP contribution in [-0.2, 0) is 11.2 Å². The first-order chi connectivity index (χ1) is 7.47. The Labute approximate surface area is 95.7 Å². The third kappa shape index (κ3) is 5.46. The van der Waals surface area contributed by atoms with Crippen molar-refractivity contribution < 1.29 is 9.90 Å². The van der Waals surface area contributed by atoms with E-state index in [1.807, 2.05) is 12.1 Å². The Morgan fingerprint density at radius 2 is 2.06 bits per heavy atom. The zero-order chi connectivity index (χ0) is 12.0. The van der Waals surface area contributed by atoms with Crippen LogP contribution in [0.4, 0.5) is 0 Å². The molecule has 4 heteroatoms. The van der Waals surface area contributed by atoms with Crippen LogP contribution in [0, 0.1) is 0 Å². The van der Waals surface area contributed by atoms with Crippen LogP contribution in [0.2, 0.25) is 0 Å². The minimum Gasteiger partial charge on any atom is -0.389 e. The Hall–Kier alpha value is -1.42. The van der Waals surface area contributed by atoms with Gasteiger partial charge in [-0.05, 0) is 38.0 Å². The normalized spacial score (nSPS) is 11.2. The standard InChI is InChI=1S/C12H18N2O2/c1-12(2,16)9-14-11(15)4-3-10-5-7-13-8-6-10/h5-8,16H,3-4,9H2,1-2H3,(H,14,15). The zero-order valence-corrected chi connectivity index (χ0v) is 9.73. The molecular weight excluding hydrogens is 204 g/mol. The zero-order valence-electron chi connectivity index (χ0n) is 9.73. The first kappa shape index (κ1) is 12.6. The highest BCUT2D eigenvalue weighted by molar-refractivity contribution is 5.76. The molecule has 0 atom stereocenters. The lowest BCUT2D eigenvalue weighted by molar-refractivity contribution is -0.122. The van der Waals surface area contributed by atoms with Crippen LogP contribution in [0.15, 0.2) is 24.5 Å². The fourth-order valence-corrected chi connectivity index (χ4v) is 1.21. The first-order valence-electron chi connectivity index (χ1n) is 5.35. The Morgan fingerprint density at radius 1 is 1.44 bits per heavy atom. The van der Waals surface area contributed by atoms with Crippen molar-refractivity contribution in [3.05, 3.63) is 30.1 Å². The quantitative estimate of drug-likeness (QED) is 0.778. The fraction of sp³-hybridized carbons (Fsp3) is 0.500. The van der Waals surface area contributed by atoms with Crippen LogP contribution in [-0.4, -0.2) is 28.1 Å². The molecule has 0 aromatic carbocycles. The minimum atomic E-state index is -0.855. The van der Waals surface area contributed by atoms with Crippen LogP contribution in [0.25, 0.3) is 0 Å². The highest BCUT2D eigenvalue weighted by Crippen LogP contribution is 2.01. The number of nitrogens with zero attached hydrogens (tertiary/aromatic N) is 1. The molecular formula is C12H18N2O2. The van der Waals surface area contributed by atoms with E-state index in [-0.39, 0.29) is 12.5 Å². The van der Waals surface area contributed by atoms with Gasteiger partial charge in [0.1, 0.15) is 0 Å². The monoisotopic (exact) mass is 222 g/mol. The van der Waals surface area contributed by atoms with E-state index >= 15 is 0 Å². The van der Waals surface area contributed by atoms with Gasteiger partial charge in [0.2, 0.25) is 5.91 Å². The van der Waals surface area contributed by atoms with Crippen molar-refractivity contribution in [3.8, 4) is 0 Å². The Bertz CT molecular complexity index is 331. The molecule has 0 saturated carbocycles. The van der Waals surface area contributed by atoms with Crippen molar-refractivity contribution in [2.24, 2.45) is 0 Å². The number of aromatic nitrogens is 1. The van der Waals surface area contributed by atoms with Gasteiger partial charge in [-0.25, -0.2) is 0 Å². The predicted octanol–water partition coefficient (Wildman–Crippen LogP) is 0.901. The number of carbonyl (C=O) groups excluding carboxylic acids is 1. The molecule has 1 rings (SSSR count). The summed E-state index contributed by atoms with van der Waals surface area (Å²) in [6.45, 7) is 3.61. The summed E-state index contributed by atoms with van der Waals surface area (Å²) in [7, 11) is 0. The largest absolute Gasteiger partial charge is 0.389 e. The van der Waals surface area contributed by atoms with Crippen molar-refractivity contribution in [1.29, 1.82) is 0 Å². The average molecular weight is 222 g/mol. The average Bonchev–Trinajstić information content (AvgIpc) is 2.24. The van der Waals surface area contributed by atoms with Crippen molar-refractivity contribution in [2.75, 3.05) is 6.54 Å². The molecule has 0 bridgehead atoms. The molecule has 0 spiro atoms. The summed E-state index contributed by atoms with van der Waals surface area (Å²) in [4.78, 5) is 15.3. The second kappa shape index (κ2) is 5.61. The van der Waals surface area contributed by atoms with Crippen molar-refractivity contribution >= 4 is 5.91 Å². The third-order valence-electron chi connectivity index (χ3n) is 2.11. The van der Waals surface area contributed by atoms with Gasteiger partial charge in [0.15, 0.2) is 0 Å². The van der Waals surface area contributed by atoms with Crippen LogP contribution >= 0.6 is 0 Å². The maximum atomic E-state index is 11.4. The van der Waals surface area contributed by atoms with Gasteiger partial charge in [-0.15, -0.1) is 0 Å². The number of hydrogen-bond donors (Lipinski definition) is 2. The number of aryl methyl sites for hydroxylation is 1. The van der Waals surface area contributed by atoms with Crippen molar-refractivity contribution in [2.45, 2.75) is 32.3 Å². The van der Waals surface area contributed by atoms with E-state index in [4.69, 9.17) is 0 Å². The smallest absolute Gasteiger partial charge is 0.220 e. The molecule has 4 nitrogen and oxygen atoms in total. The van der Waals surface area contributed by atoms with Gasteiger partial charge in [0.25, 0.3) is 0 Å². The molecule has 0 radical (unpaired) electrons. The second-order valence-corrected chi connectivity index (χ2v) is 4.44. The molecule has 1 heterocycles. The molecule has 0 unspecified atom stereocenters. The molecule has 0 aliphatic rings. The highest BCUT2D eigenvalue weighted by Gasteiger charge is 2.13. The predicted molar refractivity (Wildman–Crippen MR) is 61.9 cm³/mol. The molecule has 0 aliphatic heterocycles. The first-order valence-corrected chi connectivity index (χ1v) is 5.35. The molecule has 2 N–H and O–H groups in total. The van der Waals surface area contributed by atoms with E-state index in [1.165, 1.54) is 0 Å². The number of nitrogens with one attached hydrogen (secondary N) is 1. The Morgan fingerprint density at radius 3 is 2.62 bits per heavy atom. The van der Waals surface area contributed by atoms with E-state index in [2.05, 4.69) is 10.3 Å². The van der Waals surface area contributed by atoms with Gasteiger partial charge >= 0.3 is 0 Å². The van der Waals surface area contributed by atoms with Gasteiger partial charge in [0, 0.05) is 25.4 Å². The topological polar surface area (TPSA) is 62.2 Å². The highest BCUT2D eigenvalue weighted by atomic mass is 16.3. The fourth-order valence-electron chi connectivity index (χ4n) is 1.21. The summed E-state index contributed by atoms with van der Waals surface area (Å²) in [6.07, 6.45) is 4.55. The van der Waals surface area contributed by atoms with E-state index in [0.29, 0.717) is 12.8 Å². The molecule has 1 aromatic heterocycles. The summed E-state index contributed by atoms with van der Waals surface area (Å²) in [5, 5.41) is 12.1. The molecule has 1 amide bonds. The van der Waals surface area contributed by atoms with Gasteiger partial charge in [-0.1, -0.05) is 0 Å². The minimum absolute atomic E-state index is 0.0427. The van der Waals surface area contributed by atoms with Gasteiger partial charge in [0.05, 0.1) is 5.60 Å². The van der Waals surface area contributed by atoms with Gasteiger partial charge in [-0.3, -0.25) is 9.78 Å². The maximum Gasteiger partial charge on any atom is 0.220 e. The summed E-state index contributed by atoms with van der Waals surface area (Å²) in [5.74, 6) is -0.0427. The number of hydrogen-bond acceptors (Lipinski definition) is 3. The van der Waals surface area contributed by atoms with Crippen molar-refractivity contribution in [1.82, 2.24) is 10.3 Å². The van der Waals surface area contributed by atoms with E-state index in [0.717, 1.165) is 5.56 Å². The van der Waals surface area contributed by atoms with Crippen LogP contribution in [0.3, 0.4) is 0 Å². The lowest BCUT2D eigenvalue weighted by atomic mass is 10.1. The van der Waals surface area contributed by atoms with Crippen LogP contribution in [0.5, 0.6) is 0 Å². The molecule has 16 heavy (non-hydrogen) atoms. The van der Waals surface area contributed by atoms with E-state index in [9.17, 15) is 9.90 Å².